The van der Waals surface area contributed by atoms with Gasteiger partial charge in [0.1, 0.15) is 11.2 Å². The monoisotopic (exact) mass is 429 g/mol. The number of ether oxygens (including phenoxy) is 2. The minimum Gasteiger partial charge on any atom is -0.459 e. The molecule has 1 aromatic rings. The Balaban J connectivity index is 1.87. The first-order chi connectivity index (χ1) is 13.9. The molecule has 0 spiro atoms. The molecule has 30 heavy (non-hydrogen) atoms. The van der Waals surface area contributed by atoms with Crippen LogP contribution in [0.1, 0.15) is 65.9 Å². The number of carbonyl (C=O) groups is 2. The Bertz CT molecular complexity index is 918. The van der Waals surface area contributed by atoms with E-state index < -0.39 is 21.9 Å². The maximum Gasteiger partial charge on any atom is 0.338 e. The summed E-state index contributed by atoms with van der Waals surface area (Å²) in [4.78, 5) is 30.4. The lowest BCUT2D eigenvalue weighted by atomic mass is 9.66. The van der Waals surface area contributed by atoms with Crippen LogP contribution in [0.15, 0.2) is 40.4 Å². The van der Waals surface area contributed by atoms with Crippen molar-refractivity contribution >= 4 is 23.7 Å². The Kier molecular flexibility index (Phi) is 5.00. The van der Waals surface area contributed by atoms with E-state index in [2.05, 4.69) is 11.0 Å². The number of nitrogens with zero attached hydrogens (tertiary/aromatic N) is 1. The van der Waals surface area contributed by atoms with Gasteiger partial charge in [-0.1, -0.05) is 18.2 Å². The van der Waals surface area contributed by atoms with Crippen LogP contribution >= 0.6 is 11.8 Å². The van der Waals surface area contributed by atoms with Gasteiger partial charge in [-0.25, -0.2) is 4.79 Å². The van der Waals surface area contributed by atoms with Gasteiger partial charge in [0.05, 0.1) is 11.5 Å². The second-order valence-corrected chi connectivity index (χ2v) is 11.6. The summed E-state index contributed by atoms with van der Waals surface area (Å²) >= 11 is 1.45. The first kappa shape index (κ1) is 21.3. The molecule has 0 bridgehead atoms. The van der Waals surface area contributed by atoms with E-state index in [9.17, 15) is 9.59 Å². The number of esters is 2. The van der Waals surface area contributed by atoms with Crippen LogP contribution in [-0.4, -0.2) is 45.9 Å². The van der Waals surface area contributed by atoms with Crippen LogP contribution in [0.2, 0.25) is 0 Å². The lowest BCUT2D eigenvalue weighted by molar-refractivity contribution is -0.162. The molecule has 4 rings (SSSR count). The molecule has 0 radical (unpaired) electrons. The van der Waals surface area contributed by atoms with E-state index in [-0.39, 0.29) is 11.9 Å². The molecule has 2 atom stereocenters. The normalized spacial score (nSPS) is 25.5. The van der Waals surface area contributed by atoms with Crippen molar-refractivity contribution in [1.29, 1.82) is 0 Å². The summed E-state index contributed by atoms with van der Waals surface area (Å²) in [6.07, 6.45) is 2.18. The first-order valence-corrected chi connectivity index (χ1v) is 11.5. The molecule has 2 aliphatic heterocycles. The van der Waals surface area contributed by atoms with E-state index in [0.29, 0.717) is 5.57 Å². The van der Waals surface area contributed by atoms with Crippen LogP contribution in [0.3, 0.4) is 0 Å². The van der Waals surface area contributed by atoms with Gasteiger partial charge in [0.2, 0.25) is 0 Å². The van der Waals surface area contributed by atoms with Crippen LogP contribution in [0.25, 0.3) is 0 Å². The number of likely N-dealkylation sites (tertiary alicyclic amines) is 1. The summed E-state index contributed by atoms with van der Waals surface area (Å²) in [5.74, 6) is -0.953. The van der Waals surface area contributed by atoms with Crippen molar-refractivity contribution in [2.24, 2.45) is 0 Å². The molecular formula is C24H31NO4S. The fraction of sp³-hybridized carbons (Fsp3) is 0.583. The highest BCUT2D eigenvalue weighted by atomic mass is 32.2. The highest BCUT2D eigenvalue weighted by Crippen LogP contribution is 2.68. The van der Waals surface area contributed by atoms with E-state index in [1.807, 2.05) is 59.7 Å². The zero-order valence-corrected chi connectivity index (χ0v) is 19.5. The maximum absolute atomic E-state index is 13.7. The zero-order valence-electron chi connectivity index (χ0n) is 18.7. The molecule has 6 heteroatoms. The van der Waals surface area contributed by atoms with Gasteiger partial charge in [0.15, 0.2) is 4.75 Å². The van der Waals surface area contributed by atoms with Gasteiger partial charge in [0, 0.05) is 23.7 Å². The third-order valence-corrected chi connectivity index (χ3v) is 7.08. The third-order valence-electron chi connectivity index (χ3n) is 5.56. The average Bonchev–Trinajstić information content (AvgIpc) is 3.18. The second kappa shape index (κ2) is 7.04. The van der Waals surface area contributed by atoms with Gasteiger partial charge in [0.25, 0.3) is 0 Å². The summed E-state index contributed by atoms with van der Waals surface area (Å²) < 4.78 is 10.6. The summed E-state index contributed by atoms with van der Waals surface area (Å²) in [6, 6.07) is 8.07. The summed E-state index contributed by atoms with van der Waals surface area (Å²) in [7, 11) is 0. The summed E-state index contributed by atoms with van der Waals surface area (Å²) in [5.41, 5.74) is 1.23. The van der Waals surface area contributed by atoms with Gasteiger partial charge < -0.3 is 14.4 Å². The number of thioether (sulfide) groups is 1. The van der Waals surface area contributed by atoms with Crippen LogP contribution in [0, 0.1) is 0 Å². The average molecular weight is 430 g/mol. The van der Waals surface area contributed by atoms with Crippen molar-refractivity contribution < 1.29 is 19.1 Å². The standard InChI is InChI=1S/C24H31NO4S/c1-22(2,3)28-20(26)18-19(25-13-9-10-14-25)17-15-11-7-8-12-16(15)30-24(17,18)21(27)29-23(4,5)6/h7-8,11-12,17H,9-10,13-14H2,1-6H3/t17-,24-/m1/s1. The number of allylic oxidation sites excluding steroid dienone is 1. The maximum atomic E-state index is 13.7. The molecule has 0 aromatic heterocycles. The molecule has 0 N–H and O–H groups in total. The van der Waals surface area contributed by atoms with Gasteiger partial charge >= 0.3 is 11.9 Å². The molecular weight excluding hydrogens is 398 g/mol. The van der Waals surface area contributed by atoms with E-state index in [0.717, 1.165) is 42.1 Å². The molecule has 0 amide bonds. The third kappa shape index (κ3) is 3.43. The molecule has 1 aliphatic carbocycles. The van der Waals surface area contributed by atoms with E-state index in [4.69, 9.17) is 9.47 Å². The van der Waals surface area contributed by atoms with Crippen molar-refractivity contribution in [1.82, 2.24) is 4.90 Å². The van der Waals surface area contributed by atoms with Crippen molar-refractivity contribution in [3.8, 4) is 0 Å². The van der Waals surface area contributed by atoms with Gasteiger partial charge in [-0.15, -0.1) is 11.8 Å². The van der Waals surface area contributed by atoms with Crippen LogP contribution in [0.4, 0.5) is 0 Å². The Morgan fingerprint density at radius 3 is 2.20 bits per heavy atom. The van der Waals surface area contributed by atoms with E-state index >= 15 is 0 Å². The highest BCUT2D eigenvalue weighted by molar-refractivity contribution is 8.02. The number of carbonyl (C=O) groups excluding carboxylic acids is 2. The van der Waals surface area contributed by atoms with E-state index in [1.54, 1.807) is 0 Å². The predicted molar refractivity (Wildman–Crippen MR) is 117 cm³/mol. The van der Waals surface area contributed by atoms with Crippen molar-refractivity contribution in [2.75, 3.05) is 13.1 Å². The zero-order chi connectivity index (χ0) is 21.9. The Morgan fingerprint density at radius 2 is 1.60 bits per heavy atom. The topological polar surface area (TPSA) is 55.8 Å². The van der Waals surface area contributed by atoms with Gasteiger partial charge in [-0.2, -0.15) is 0 Å². The number of rotatable bonds is 3. The van der Waals surface area contributed by atoms with E-state index in [1.165, 1.54) is 11.8 Å². The summed E-state index contributed by atoms with van der Waals surface area (Å²) in [6.45, 7) is 12.9. The minimum atomic E-state index is -1.09. The van der Waals surface area contributed by atoms with Gasteiger partial charge in [-0.05, 0) is 66.0 Å². The summed E-state index contributed by atoms with van der Waals surface area (Å²) in [5, 5.41) is 0. The highest BCUT2D eigenvalue weighted by Gasteiger charge is 2.69. The van der Waals surface area contributed by atoms with Crippen LogP contribution < -0.4 is 0 Å². The van der Waals surface area contributed by atoms with Gasteiger partial charge in [-0.3, -0.25) is 4.79 Å². The molecule has 0 unspecified atom stereocenters. The second-order valence-electron chi connectivity index (χ2n) is 10.3. The van der Waals surface area contributed by atoms with Crippen LogP contribution in [-0.2, 0) is 19.1 Å². The smallest absolute Gasteiger partial charge is 0.338 e. The Labute approximate surface area is 183 Å². The Morgan fingerprint density at radius 1 is 1.00 bits per heavy atom. The molecule has 2 heterocycles. The van der Waals surface area contributed by atoms with Crippen molar-refractivity contribution in [3.05, 3.63) is 41.1 Å². The molecule has 1 aromatic carbocycles. The molecule has 162 valence electrons. The number of benzene rings is 1. The molecule has 3 aliphatic rings. The predicted octanol–water partition coefficient (Wildman–Crippen LogP) is 4.66. The number of hydrogen-bond donors (Lipinski definition) is 0. The molecule has 0 saturated carbocycles. The number of fused-ring (bicyclic) bond motifs is 3. The van der Waals surface area contributed by atoms with Crippen molar-refractivity contribution in [2.45, 2.75) is 81.1 Å². The molecule has 1 fully saturated rings. The lowest BCUT2D eigenvalue weighted by Crippen LogP contribution is -2.57. The van der Waals surface area contributed by atoms with Crippen LogP contribution in [0.5, 0.6) is 0 Å². The minimum absolute atomic E-state index is 0.186. The fourth-order valence-electron chi connectivity index (χ4n) is 4.55. The fourth-order valence-corrected chi connectivity index (χ4v) is 6.12. The number of hydrogen-bond acceptors (Lipinski definition) is 6. The molecule has 1 saturated heterocycles. The molecule has 5 nitrogen and oxygen atoms in total. The lowest BCUT2D eigenvalue weighted by Gasteiger charge is -2.49. The van der Waals surface area contributed by atoms with Crippen molar-refractivity contribution in [3.63, 3.8) is 0 Å². The Hall–Kier alpha value is -1.95. The SMILES string of the molecule is CC(C)(C)OC(=O)C1=C(N2CCCC2)[C@H]2c3ccccc3S[C@@]12C(=O)OC(C)(C)C. The largest absolute Gasteiger partial charge is 0.459 e. The quantitative estimate of drug-likeness (QED) is 0.652. The first-order valence-electron chi connectivity index (χ1n) is 10.7.